The van der Waals surface area contributed by atoms with Crippen LogP contribution in [0.4, 0.5) is 20.4 Å². The Hall–Kier alpha value is -1.50. The summed E-state index contributed by atoms with van der Waals surface area (Å²) in [6.45, 7) is -0.0700. The third-order valence-electron chi connectivity index (χ3n) is 2.08. The van der Waals surface area contributed by atoms with Gasteiger partial charge in [-0.05, 0) is 6.42 Å². The number of nitrogens with one attached hydrogen (secondary N) is 1. The minimum absolute atomic E-state index is 0.271. The van der Waals surface area contributed by atoms with E-state index in [1.165, 1.54) is 6.33 Å². The molecule has 0 atom stereocenters. The normalized spacial score (nSPS) is 11.5. The van der Waals surface area contributed by atoms with Crippen molar-refractivity contribution in [2.75, 3.05) is 24.2 Å². The van der Waals surface area contributed by atoms with E-state index < -0.39 is 19.1 Å². The van der Waals surface area contributed by atoms with Crippen LogP contribution in [0.25, 0.3) is 0 Å². The van der Waals surface area contributed by atoms with Crippen LogP contribution in [-0.2, 0) is 6.42 Å². The van der Waals surface area contributed by atoms with Crippen LogP contribution in [0.2, 0.25) is 0 Å². The van der Waals surface area contributed by atoms with Crippen molar-refractivity contribution < 1.29 is 13.9 Å². The Bertz CT molecular complexity index is 359. The van der Waals surface area contributed by atoms with Crippen molar-refractivity contribution >= 4 is 11.6 Å². The Balaban J connectivity index is 2.78. The number of aliphatic hydroxyl groups excluding tert-OH is 1. The van der Waals surface area contributed by atoms with Gasteiger partial charge in [0.15, 0.2) is 0 Å². The summed E-state index contributed by atoms with van der Waals surface area (Å²) in [7, 11) is 0. The second kappa shape index (κ2) is 5.02. The first-order chi connectivity index (χ1) is 7.50. The number of anilines is 2. The lowest BCUT2D eigenvalue weighted by Crippen LogP contribution is -2.31. The Labute approximate surface area is 91.7 Å². The summed E-state index contributed by atoms with van der Waals surface area (Å²) >= 11 is 0. The zero-order chi connectivity index (χ0) is 12.2. The monoisotopic (exact) mass is 232 g/mol. The van der Waals surface area contributed by atoms with Gasteiger partial charge in [0.1, 0.15) is 24.6 Å². The van der Waals surface area contributed by atoms with E-state index in [1.807, 2.05) is 6.92 Å². The predicted octanol–water partition coefficient (Wildman–Crippen LogP) is 0.661. The van der Waals surface area contributed by atoms with Gasteiger partial charge < -0.3 is 16.2 Å². The Morgan fingerprint density at radius 3 is 2.75 bits per heavy atom. The molecule has 0 aromatic carbocycles. The molecule has 0 radical (unpaired) electrons. The summed E-state index contributed by atoms with van der Waals surface area (Å²) in [4.78, 5) is 7.60. The molecular formula is C9H14F2N4O. The maximum absolute atomic E-state index is 12.8. The lowest BCUT2D eigenvalue weighted by Gasteiger charge is -2.16. The number of alkyl halides is 2. The molecule has 0 spiro atoms. The smallest absolute Gasteiger partial charge is 0.287 e. The second-order valence-corrected chi connectivity index (χ2v) is 3.31. The van der Waals surface area contributed by atoms with E-state index in [0.717, 1.165) is 0 Å². The average Bonchev–Trinajstić information content (AvgIpc) is 2.26. The third-order valence-corrected chi connectivity index (χ3v) is 2.08. The highest BCUT2D eigenvalue weighted by Crippen LogP contribution is 2.19. The lowest BCUT2D eigenvalue weighted by atomic mass is 10.2. The third kappa shape index (κ3) is 2.99. The number of nitrogens with zero attached hydrogens (tertiary/aromatic N) is 2. The van der Waals surface area contributed by atoms with Crippen LogP contribution in [0.5, 0.6) is 0 Å². The number of rotatable bonds is 5. The molecule has 16 heavy (non-hydrogen) atoms. The van der Waals surface area contributed by atoms with Crippen LogP contribution < -0.4 is 11.1 Å². The minimum atomic E-state index is -3.18. The molecule has 0 amide bonds. The minimum Gasteiger partial charge on any atom is -0.390 e. The molecule has 1 rings (SSSR count). The van der Waals surface area contributed by atoms with Crippen molar-refractivity contribution in [2.45, 2.75) is 19.3 Å². The zero-order valence-corrected chi connectivity index (χ0v) is 8.87. The topological polar surface area (TPSA) is 84.1 Å². The molecule has 4 N–H and O–H groups in total. The standard InChI is InChI=1S/C9H14F2N4O/c1-2-6-7(12)14-5-15-8(6)13-3-9(10,11)4-16/h5,16H,2-4H2,1H3,(H3,12,13,14,15). The van der Waals surface area contributed by atoms with Crippen LogP contribution >= 0.6 is 0 Å². The van der Waals surface area contributed by atoms with Gasteiger partial charge in [0.05, 0.1) is 6.54 Å². The van der Waals surface area contributed by atoms with Gasteiger partial charge in [-0.25, -0.2) is 18.7 Å². The van der Waals surface area contributed by atoms with E-state index in [-0.39, 0.29) is 11.6 Å². The zero-order valence-electron chi connectivity index (χ0n) is 8.87. The van der Waals surface area contributed by atoms with Gasteiger partial charge in [-0.3, -0.25) is 0 Å². The number of hydrogen-bond donors (Lipinski definition) is 3. The number of aliphatic hydroxyl groups is 1. The van der Waals surface area contributed by atoms with Gasteiger partial charge in [0, 0.05) is 5.56 Å². The van der Waals surface area contributed by atoms with E-state index in [2.05, 4.69) is 15.3 Å². The first-order valence-electron chi connectivity index (χ1n) is 4.82. The molecule has 0 fully saturated rings. The summed E-state index contributed by atoms with van der Waals surface area (Å²) in [5, 5.41) is 10.9. The molecule has 1 aromatic heterocycles. The van der Waals surface area contributed by atoms with Crippen molar-refractivity contribution in [2.24, 2.45) is 0 Å². The van der Waals surface area contributed by atoms with Crippen molar-refractivity contribution in [3.05, 3.63) is 11.9 Å². The first-order valence-corrected chi connectivity index (χ1v) is 4.82. The highest BCUT2D eigenvalue weighted by Gasteiger charge is 2.27. The van der Waals surface area contributed by atoms with Crippen LogP contribution in [-0.4, -0.2) is 34.1 Å². The lowest BCUT2D eigenvalue weighted by molar-refractivity contribution is -0.0373. The van der Waals surface area contributed by atoms with Crippen LogP contribution in [0.15, 0.2) is 6.33 Å². The molecule has 90 valence electrons. The average molecular weight is 232 g/mol. The van der Waals surface area contributed by atoms with Crippen LogP contribution in [0, 0.1) is 0 Å². The summed E-state index contributed by atoms with van der Waals surface area (Å²) in [5.74, 6) is -2.62. The molecule has 0 aliphatic heterocycles. The van der Waals surface area contributed by atoms with E-state index in [0.29, 0.717) is 12.0 Å². The number of aromatic nitrogens is 2. The molecule has 0 saturated carbocycles. The quantitative estimate of drug-likeness (QED) is 0.694. The maximum atomic E-state index is 12.8. The van der Waals surface area contributed by atoms with E-state index in [9.17, 15) is 8.78 Å². The fraction of sp³-hybridized carbons (Fsp3) is 0.556. The molecule has 0 aliphatic carbocycles. The molecule has 7 heteroatoms. The van der Waals surface area contributed by atoms with Gasteiger partial charge >= 0.3 is 0 Å². The van der Waals surface area contributed by atoms with E-state index in [1.54, 1.807) is 0 Å². The molecule has 5 nitrogen and oxygen atoms in total. The fourth-order valence-corrected chi connectivity index (χ4v) is 1.20. The number of nitrogens with two attached hydrogens (primary N) is 1. The van der Waals surface area contributed by atoms with Gasteiger partial charge in [-0.1, -0.05) is 6.92 Å². The summed E-state index contributed by atoms with van der Waals surface area (Å²) in [5.41, 5.74) is 6.17. The van der Waals surface area contributed by atoms with Crippen molar-refractivity contribution in [1.82, 2.24) is 9.97 Å². The van der Waals surface area contributed by atoms with Gasteiger partial charge in [0.25, 0.3) is 5.92 Å². The molecule has 0 bridgehead atoms. The number of nitrogen functional groups attached to an aromatic ring is 1. The van der Waals surface area contributed by atoms with Crippen molar-refractivity contribution in [3.8, 4) is 0 Å². The van der Waals surface area contributed by atoms with Gasteiger partial charge in [-0.2, -0.15) is 0 Å². The maximum Gasteiger partial charge on any atom is 0.287 e. The largest absolute Gasteiger partial charge is 0.390 e. The SMILES string of the molecule is CCc1c(N)ncnc1NCC(F)(F)CO. The molecule has 1 heterocycles. The Kier molecular flexibility index (Phi) is 3.94. The highest BCUT2D eigenvalue weighted by molar-refractivity contribution is 5.54. The Morgan fingerprint density at radius 1 is 1.50 bits per heavy atom. The van der Waals surface area contributed by atoms with Gasteiger partial charge in [0.2, 0.25) is 0 Å². The number of hydrogen-bond acceptors (Lipinski definition) is 5. The molecule has 0 saturated heterocycles. The second-order valence-electron chi connectivity index (χ2n) is 3.31. The van der Waals surface area contributed by atoms with Crippen LogP contribution in [0.1, 0.15) is 12.5 Å². The predicted molar refractivity (Wildman–Crippen MR) is 56.3 cm³/mol. The Morgan fingerprint density at radius 2 is 2.19 bits per heavy atom. The summed E-state index contributed by atoms with van der Waals surface area (Å²) < 4.78 is 25.6. The highest BCUT2D eigenvalue weighted by atomic mass is 19.3. The van der Waals surface area contributed by atoms with Crippen molar-refractivity contribution in [3.63, 3.8) is 0 Å². The van der Waals surface area contributed by atoms with Crippen molar-refractivity contribution in [1.29, 1.82) is 0 Å². The van der Waals surface area contributed by atoms with Gasteiger partial charge in [-0.15, -0.1) is 0 Å². The number of halogens is 2. The fourth-order valence-electron chi connectivity index (χ4n) is 1.20. The summed E-state index contributed by atoms with van der Waals surface area (Å²) in [6.07, 6.45) is 1.74. The first kappa shape index (κ1) is 12.6. The molecule has 0 aliphatic rings. The van der Waals surface area contributed by atoms with E-state index in [4.69, 9.17) is 10.8 Å². The van der Waals surface area contributed by atoms with E-state index >= 15 is 0 Å². The molecule has 0 unspecified atom stereocenters. The summed E-state index contributed by atoms with van der Waals surface area (Å²) in [6, 6.07) is 0. The molecular weight excluding hydrogens is 218 g/mol. The molecule has 1 aromatic rings. The van der Waals surface area contributed by atoms with Crippen LogP contribution in [0.3, 0.4) is 0 Å².